The predicted molar refractivity (Wildman–Crippen MR) is 80.5 cm³/mol. The van der Waals surface area contributed by atoms with Crippen molar-refractivity contribution in [1.29, 1.82) is 0 Å². The van der Waals surface area contributed by atoms with E-state index in [2.05, 4.69) is 55.0 Å². The van der Waals surface area contributed by atoms with Gasteiger partial charge in [-0.05, 0) is 36.9 Å². The molecule has 3 heteroatoms. The topological polar surface area (TPSA) is 24.1 Å². The second-order valence-electron chi connectivity index (χ2n) is 5.68. The van der Waals surface area contributed by atoms with E-state index in [4.69, 9.17) is 0 Å². The highest BCUT2D eigenvalue weighted by Gasteiger charge is 2.23. The molecule has 0 spiro atoms. The number of rotatable bonds is 5. The number of thioether (sulfide) groups is 1. The molecule has 1 saturated heterocycles. The minimum atomic E-state index is 0.194. The Labute approximate surface area is 115 Å². The molecule has 1 aliphatic heterocycles. The standard InChI is InChI=1S/C15H24N2S/c1-15(2,11-17-13-8-9-16-10-13)12-4-6-14(18-3)7-5-12/h4-7,13,16-17H,8-11H2,1-3H3. The predicted octanol–water partition coefficient (Wildman–Crippen LogP) is 2.64. The van der Waals surface area contributed by atoms with Crippen LogP contribution in [0.4, 0.5) is 0 Å². The maximum atomic E-state index is 3.68. The maximum absolute atomic E-state index is 3.68. The normalized spacial score (nSPS) is 20.3. The molecule has 1 atom stereocenters. The van der Waals surface area contributed by atoms with Gasteiger partial charge in [-0.2, -0.15) is 0 Å². The summed E-state index contributed by atoms with van der Waals surface area (Å²) in [5.41, 5.74) is 1.61. The Morgan fingerprint density at radius 3 is 2.61 bits per heavy atom. The van der Waals surface area contributed by atoms with Crippen molar-refractivity contribution >= 4 is 11.8 Å². The molecule has 18 heavy (non-hydrogen) atoms. The zero-order valence-electron chi connectivity index (χ0n) is 11.6. The van der Waals surface area contributed by atoms with Crippen LogP contribution in [0.25, 0.3) is 0 Å². The lowest BCUT2D eigenvalue weighted by Gasteiger charge is -2.27. The first-order chi connectivity index (χ1) is 8.62. The van der Waals surface area contributed by atoms with Crippen LogP contribution in [-0.2, 0) is 5.41 Å². The van der Waals surface area contributed by atoms with Gasteiger partial charge in [0.25, 0.3) is 0 Å². The van der Waals surface area contributed by atoms with Gasteiger partial charge in [0.05, 0.1) is 0 Å². The quantitative estimate of drug-likeness (QED) is 0.800. The second kappa shape index (κ2) is 6.09. The molecule has 0 amide bonds. The number of nitrogens with one attached hydrogen (secondary N) is 2. The van der Waals surface area contributed by atoms with Crippen LogP contribution in [-0.4, -0.2) is 31.9 Å². The Morgan fingerprint density at radius 2 is 2.06 bits per heavy atom. The van der Waals surface area contributed by atoms with Gasteiger partial charge in [0.15, 0.2) is 0 Å². The SMILES string of the molecule is CSc1ccc(C(C)(C)CNC2CCNC2)cc1. The van der Waals surface area contributed by atoms with Crippen LogP contribution in [0.1, 0.15) is 25.8 Å². The minimum Gasteiger partial charge on any atom is -0.315 e. The van der Waals surface area contributed by atoms with Gasteiger partial charge in [-0.3, -0.25) is 0 Å². The summed E-state index contributed by atoms with van der Waals surface area (Å²) < 4.78 is 0. The highest BCUT2D eigenvalue weighted by molar-refractivity contribution is 7.98. The Bertz CT molecular complexity index is 367. The summed E-state index contributed by atoms with van der Waals surface area (Å²) in [4.78, 5) is 1.34. The van der Waals surface area contributed by atoms with E-state index in [1.165, 1.54) is 16.9 Å². The molecule has 1 fully saturated rings. The zero-order chi connectivity index (χ0) is 13.0. The number of hydrogen-bond donors (Lipinski definition) is 2. The summed E-state index contributed by atoms with van der Waals surface area (Å²) in [5.74, 6) is 0. The molecule has 2 nitrogen and oxygen atoms in total. The molecule has 100 valence electrons. The van der Waals surface area contributed by atoms with Crippen molar-refractivity contribution in [3.05, 3.63) is 29.8 Å². The van der Waals surface area contributed by atoms with Gasteiger partial charge in [-0.15, -0.1) is 11.8 Å². The van der Waals surface area contributed by atoms with E-state index in [1.807, 2.05) is 0 Å². The molecule has 1 aromatic carbocycles. The summed E-state index contributed by atoms with van der Waals surface area (Å²) in [6.07, 6.45) is 3.37. The van der Waals surface area contributed by atoms with Crippen LogP contribution in [0.2, 0.25) is 0 Å². The van der Waals surface area contributed by atoms with E-state index in [9.17, 15) is 0 Å². The van der Waals surface area contributed by atoms with Gasteiger partial charge in [0.2, 0.25) is 0 Å². The largest absolute Gasteiger partial charge is 0.315 e. The van der Waals surface area contributed by atoms with E-state index in [0.717, 1.165) is 19.6 Å². The average Bonchev–Trinajstić information content (AvgIpc) is 2.90. The van der Waals surface area contributed by atoms with Crippen LogP contribution in [0.5, 0.6) is 0 Å². The molecule has 0 saturated carbocycles. The molecule has 1 unspecified atom stereocenters. The first-order valence-corrected chi connectivity index (χ1v) is 7.93. The lowest BCUT2D eigenvalue weighted by atomic mass is 9.84. The fourth-order valence-electron chi connectivity index (χ4n) is 2.37. The van der Waals surface area contributed by atoms with Crippen LogP contribution in [0.3, 0.4) is 0 Å². The van der Waals surface area contributed by atoms with E-state index in [0.29, 0.717) is 6.04 Å². The van der Waals surface area contributed by atoms with Crippen molar-refractivity contribution in [2.75, 3.05) is 25.9 Å². The van der Waals surface area contributed by atoms with Gasteiger partial charge in [-0.25, -0.2) is 0 Å². The lowest BCUT2D eigenvalue weighted by Crippen LogP contribution is -2.40. The van der Waals surface area contributed by atoms with Crippen LogP contribution < -0.4 is 10.6 Å². The van der Waals surface area contributed by atoms with Crippen molar-refractivity contribution in [3.8, 4) is 0 Å². The van der Waals surface area contributed by atoms with Crippen LogP contribution >= 0.6 is 11.8 Å². The third kappa shape index (κ3) is 3.50. The fraction of sp³-hybridized carbons (Fsp3) is 0.600. The number of hydrogen-bond acceptors (Lipinski definition) is 3. The molecular weight excluding hydrogens is 240 g/mol. The highest BCUT2D eigenvalue weighted by atomic mass is 32.2. The first kappa shape index (κ1) is 13.9. The summed E-state index contributed by atoms with van der Waals surface area (Å²) in [7, 11) is 0. The third-order valence-electron chi connectivity index (χ3n) is 3.76. The molecule has 0 aliphatic carbocycles. The van der Waals surface area contributed by atoms with Crippen molar-refractivity contribution in [2.24, 2.45) is 0 Å². The summed E-state index contributed by atoms with van der Waals surface area (Å²) in [6, 6.07) is 9.62. The summed E-state index contributed by atoms with van der Waals surface area (Å²) in [6.45, 7) is 7.94. The second-order valence-corrected chi connectivity index (χ2v) is 6.56. The highest BCUT2D eigenvalue weighted by Crippen LogP contribution is 2.25. The fourth-order valence-corrected chi connectivity index (χ4v) is 2.78. The van der Waals surface area contributed by atoms with Gasteiger partial charge >= 0.3 is 0 Å². The van der Waals surface area contributed by atoms with Crippen molar-refractivity contribution in [2.45, 2.75) is 36.6 Å². The molecular formula is C15H24N2S. The minimum absolute atomic E-state index is 0.194. The van der Waals surface area contributed by atoms with Crippen molar-refractivity contribution < 1.29 is 0 Å². The first-order valence-electron chi connectivity index (χ1n) is 6.70. The molecule has 0 radical (unpaired) electrons. The Balaban J connectivity index is 1.95. The van der Waals surface area contributed by atoms with E-state index in [-0.39, 0.29) is 5.41 Å². The van der Waals surface area contributed by atoms with Gasteiger partial charge in [0, 0.05) is 29.4 Å². The monoisotopic (exact) mass is 264 g/mol. The molecule has 0 bridgehead atoms. The lowest BCUT2D eigenvalue weighted by molar-refractivity contribution is 0.428. The van der Waals surface area contributed by atoms with Crippen LogP contribution in [0, 0.1) is 0 Å². The molecule has 2 N–H and O–H groups in total. The summed E-state index contributed by atoms with van der Waals surface area (Å²) >= 11 is 1.80. The Morgan fingerprint density at radius 1 is 1.33 bits per heavy atom. The molecule has 1 heterocycles. The van der Waals surface area contributed by atoms with Gasteiger partial charge < -0.3 is 10.6 Å². The third-order valence-corrected chi connectivity index (χ3v) is 4.51. The van der Waals surface area contributed by atoms with Crippen molar-refractivity contribution in [3.63, 3.8) is 0 Å². The Kier molecular flexibility index (Phi) is 4.71. The van der Waals surface area contributed by atoms with E-state index < -0.39 is 0 Å². The average molecular weight is 264 g/mol. The smallest absolute Gasteiger partial charge is 0.0204 e. The molecule has 2 rings (SSSR count). The van der Waals surface area contributed by atoms with E-state index in [1.54, 1.807) is 11.8 Å². The maximum Gasteiger partial charge on any atom is 0.0204 e. The Hall–Kier alpha value is -0.510. The molecule has 0 aromatic heterocycles. The van der Waals surface area contributed by atoms with Crippen LogP contribution in [0.15, 0.2) is 29.2 Å². The van der Waals surface area contributed by atoms with E-state index >= 15 is 0 Å². The molecule has 1 aliphatic rings. The molecule has 1 aromatic rings. The summed E-state index contributed by atoms with van der Waals surface area (Å²) in [5, 5.41) is 7.08. The van der Waals surface area contributed by atoms with Crippen molar-refractivity contribution in [1.82, 2.24) is 10.6 Å². The zero-order valence-corrected chi connectivity index (χ0v) is 12.4. The van der Waals surface area contributed by atoms with Gasteiger partial charge in [-0.1, -0.05) is 26.0 Å². The number of benzene rings is 1. The van der Waals surface area contributed by atoms with Gasteiger partial charge in [0.1, 0.15) is 0 Å².